The molecule has 0 unspecified atom stereocenters. The zero-order valence-corrected chi connectivity index (χ0v) is 19.1. The molecule has 0 radical (unpaired) electrons. The van der Waals surface area contributed by atoms with Gasteiger partial charge in [0.1, 0.15) is 5.00 Å². The average molecular weight is 432 g/mol. The minimum Gasteiger partial charge on any atom is -0.462 e. The summed E-state index contributed by atoms with van der Waals surface area (Å²) < 4.78 is 5.33. The number of anilines is 1. The van der Waals surface area contributed by atoms with Gasteiger partial charge in [0.2, 0.25) is 0 Å². The molecule has 6 heteroatoms. The van der Waals surface area contributed by atoms with E-state index in [0.717, 1.165) is 42.6 Å². The Labute approximate surface area is 183 Å². The molecule has 4 saturated carbocycles. The Morgan fingerprint density at radius 3 is 2.47 bits per heavy atom. The van der Waals surface area contributed by atoms with Crippen LogP contribution in [0.5, 0.6) is 0 Å². The van der Waals surface area contributed by atoms with E-state index in [-0.39, 0.29) is 11.9 Å². The average Bonchev–Trinajstić information content (AvgIpc) is 3.02. The molecular weight excluding hydrogens is 396 g/mol. The molecule has 0 saturated heterocycles. The van der Waals surface area contributed by atoms with Gasteiger partial charge in [-0.25, -0.2) is 4.79 Å². The highest BCUT2D eigenvalue weighted by atomic mass is 32.1. The van der Waals surface area contributed by atoms with Gasteiger partial charge in [-0.3, -0.25) is 4.79 Å². The molecule has 0 aliphatic heterocycles. The molecule has 4 fully saturated rings. The van der Waals surface area contributed by atoms with E-state index in [2.05, 4.69) is 17.6 Å². The number of ether oxygens (including phenoxy) is 1. The van der Waals surface area contributed by atoms with E-state index >= 15 is 0 Å². The van der Waals surface area contributed by atoms with Crippen LogP contribution in [0.3, 0.4) is 0 Å². The summed E-state index contributed by atoms with van der Waals surface area (Å²) >= 11 is 1.59. The minimum atomic E-state index is -0.287. The van der Waals surface area contributed by atoms with E-state index in [4.69, 9.17) is 4.74 Å². The zero-order chi connectivity index (χ0) is 20.9. The quantitative estimate of drug-likeness (QED) is 0.677. The van der Waals surface area contributed by atoms with Crippen molar-refractivity contribution in [1.29, 1.82) is 0 Å². The van der Waals surface area contributed by atoms with Gasteiger partial charge < -0.3 is 15.4 Å². The van der Waals surface area contributed by atoms with E-state index in [1.54, 1.807) is 11.3 Å². The van der Waals surface area contributed by atoms with E-state index < -0.39 is 0 Å². The Morgan fingerprint density at radius 1 is 1.17 bits per heavy atom. The second-order valence-corrected chi connectivity index (χ2v) is 11.6. The molecule has 1 aromatic heterocycles. The summed E-state index contributed by atoms with van der Waals surface area (Å²) in [6.45, 7) is 4.89. The highest BCUT2D eigenvalue weighted by molar-refractivity contribution is 7.17. The predicted octanol–water partition coefficient (Wildman–Crippen LogP) is 3.52. The SMILES string of the molecule is CCOC(=O)c1c(NC(=O)C[NH2+]C23CC4CC(CC(C4)C2)C3)sc2c1CC[C@H](C)C2. The number of rotatable bonds is 6. The van der Waals surface area contributed by atoms with Gasteiger partial charge in [-0.15, -0.1) is 11.3 Å². The predicted molar refractivity (Wildman–Crippen MR) is 118 cm³/mol. The fourth-order valence-electron chi connectivity index (χ4n) is 7.17. The zero-order valence-electron chi connectivity index (χ0n) is 18.3. The van der Waals surface area contributed by atoms with Crippen LogP contribution in [0.25, 0.3) is 0 Å². The first kappa shape index (κ1) is 20.5. The lowest BCUT2D eigenvalue weighted by molar-refractivity contribution is -0.729. The van der Waals surface area contributed by atoms with Gasteiger partial charge in [-0.05, 0) is 74.7 Å². The van der Waals surface area contributed by atoms with Crippen LogP contribution in [-0.2, 0) is 22.4 Å². The molecule has 1 heterocycles. The molecule has 5 nitrogen and oxygen atoms in total. The van der Waals surface area contributed by atoms with E-state index in [9.17, 15) is 9.59 Å². The van der Waals surface area contributed by atoms with Crippen molar-refractivity contribution < 1.29 is 19.6 Å². The minimum absolute atomic E-state index is 0.0166. The molecule has 0 aromatic carbocycles. The molecule has 164 valence electrons. The lowest BCUT2D eigenvalue weighted by Gasteiger charge is -2.54. The molecule has 3 N–H and O–H groups in total. The lowest BCUT2D eigenvalue weighted by atomic mass is 9.53. The summed E-state index contributed by atoms with van der Waals surface area (Å²) in [4.78, 5) is 26.8. The van der Waals surface area contributed by atoms with Crippen molar-refractivity contribution in [2.45, 2.75) is 77.2 Å². The van der Waals surface area contributed by atoms with Crippen molar-refractivity contribution in [3.8, 4) is 0 Å². The first-order valence-corrected chi connectivity index (χ1v) is 12.7. The molecule has 1 amide bonds. The second-order valence-electron chi connectivity index (χ2n) is 10.5. The van der Waals surface area contributed by atoms with Crippen molar-refractivity contribution in [3.63, 3.8) is 0 Å². The number of carbonyl (C=O) groups excluding carboxylic acids is 2. The molecule has 1 atom stereocenters. The Morgan fingerprint density at radius 2 is 1.83 bits per heavy atom. The first-order valence-electron chi connectivity index (χ1n) is 11.9. The molecule has 4 bridgehead atoms. The normalized spacial score (nSPS) is 33.9. The number of nitrogens with two attached hydrogens (primary N) is 1. The highest BCUT2D eigenvalue weighted by Gasteiger charge is 2.53. The number of hydrogen-bond acceptors (Lipinski definition) is 4. The molecule has 1 aromatic rings. The van der Waals surface area contributed by atoms with Crippen molar-refractivity contribution in [2.24, 2.45) is 23.7 Å². The summed E-state index contributed by atoms with van der Waals surface area (Å²) in [6.07, 6.45) is 11.1. The van der Waals surface area contributed by atoms with Crippen LogP contribution in [-0.4, -0.2) is 30.6 Å². The van der Waals surface area contributed by atoms with E-state index in [1.807, 2.05) is 6.92 Å². The van der Waals surface area contributed by atoms with Gasteiger partial charge >= 0.3 is 5.97 Å². The first-order chi connectivity index (χ1) is 14.4. The molecule has 5 aliphatic rings. The maximum Gasteiger partial charge on any atom is 0.341 e. The smallest absolute Gasteiger partial charge is 0.341 e. The van der Waals surface area contributed by atoms with Crippen LogP contribution in [0.2, 0.25) is 0 Å². The third kappa shape index (κ3) is 3.81. The Hall–Kier alpha value is -1.40. The van der Waals surface area contributed by atoms with Gasteiger partial charge in [0.15, 0.2) is 6.54 Å². The summed E-state index contributed by atoms with van der Waals surface area (Å²) in [5.41, 5.74) is 2.02. The standard InChI is InChI=1S/C24H34N2O3S/c1-3-29-23(28)21-18-5-4-14(2)6-19(18)30-22(21)26-20(27)13-25-24-10-15-7-16(11-24)9-17(8-15)12-24/h14-17,25H,3-13H2,1-2H3,(H,26,27)/p+1/t14-,15?,16?,17?,24?/m0/s1. The monoisotopic (exact) mass is 431 g/mol. The Kier molecular flexibility index (Phi) is 5.42. The van der Waals surface area contributed by atoms with Gasteiger partial charge in [-0.1, -0.05) is 6.92 Å². The maximum atomic E-state index is 12.9. The van der Waals surface area contributed by atoms with Gasteiger partial charge in [-0.2, -0.15) is 0 Å². The fourth-order valence-corrected chi connectivity index (χ4v) is 8.59. The van der Waals surface area contributed by atoms with Gasteiger partial charge in [0, 0.05) is 24.1 Å². The van der Waals surface area contributed by atoms with E-state index in [0.29, 0.717) is 35.2 Å². The topological polar surface area (TPSA) is 72.0 Å². The van der Waals surface area contributed by atoms with Crippen molar-refractivity contribution in [2.75, 3.05) is 18.5 Å². The number of carbonyl (C=O) groups is 2. The molecule has 0 spiro atoms. The van der Waals surface area contributed by atoms with Crippen LogP contribution in [0.15, 0.2) is 0 Å². The third-order valence-corrected chi connectivity index (χ3v) is 9.22. The van der Waals surface area contributed by atoms with Crippen LogP contribution in [0, 0.1) is 23.7 Å². The van der Waals surface area contributed by atoms with Gasteiger partial charge in [0.25, 0.3) is 5.91 Å². The molecular formula is C24H35N2O3S+. The summed E-state index contributed by atoms with van der Waals surface area (Å²) in [7, 11) is 0. The van der Waals surface area contributed by atoms with Crippen LogP contribution in [0.1, 0.15) is 79.6 Å². The number of fused-ring (bicyclic) bond motifs is 1. The number of amides is 1. The van der Waals surface area contributed by atoms with Crippen LogP contribution >= 0.6 is 11.3 Å². The number of hydrogen-bond donors (Lipinski definition) is 2. The Balaban J connectivity index is 1.28. The number of thiophene rings is 1. The number of esters is 1. The van der Waals surface area contributed by atoms with Gasteiger partial charge in [0.05, 0.1) is 17.7 Å². The number of quaternary nitrogens is 1. The summed E-state index contributed by atoms with van der Waals surface area (Å²) in [5, 5.41) is 6.15. The van der Waals surface area contributed by atoms with Crippen LogP contribution in [0.4, 0.5) is 5.00 Å². The molecule has 5 aliphatic carbocycles. The Bertz CT molecular complexity index is 810. The molecule has 6 rings (SSSR count). The largest absolute Gasteiger partial charge is 0.462 e. The van der Waals surface area contributed by atoms with Crippen molar-refractivity contribution in [3.05, 3.63) is 16.0 Å². The van der Waals surface area contributed by atoms with Crippen LogP contribution < -0.4 is 10.6 Å². The van der Waals surface area contributed by atoms with Crippen molar-refractivity contribution >= 4 is 28.2 Å². The maximum absolute atomic E-state index is 12.9. The lowest BCUT2D eigenvalue weighted by Crippen LogP contribution is -3.00. The number of nitrogens with one attached hydrogen (secondary N) is 1. The molecule has 30 heavy (non-hydrogen) atoms. The summed E-state index contributed by atoms with van der Waals surface area (Å²) in [5.74, 6) is 3.01. The van der Waals surface area contributed by atoms with Crippen molar-refractivity contribution in [1.82, 2.24) is 0 Å². The second kappa shape index (κ2) is 7.94. The summed E-state index contributed by atoms with van der Waals surface area (Å²) in [6, 6.07) is 0. The van der Waals surface area contributed by atoms with E-state index in [1.165, 1.54) is 43.4 Å². The third-order valence-electron chi connectivity index (χ3n) is 8.05. The fraction of sp³-hybridized carbons (Fsp3) is 0.750. The highest BCUT2D eigenvalue weighted by Crippen LogP contribution is 2.54.